The van der Waals surface area contributed by atoms with Gasteiger partial charge in [0.2, 0.25) is 5.91 Å². The van der Waals surface area contributed by atoms with Gasteiger partial charge in [-0.05, 0) is 70.4 Å². The van der Waals surface area contributed by atoms with Gasteiger partial charge in [0, 0.05) is 12.8 Å². The van der Waals surface area contributed by atoms with Crippen LogP contribution in [-0.4, -0.2) is 41.6 Å². The number of rotatable bonds is 40. The van der Waals surface area contributed by atoms with Crippen molar-refractivity contribution in [2.75, 3.05) is 6.54 Å². The monoisotopic (exact) mass is 733 g/mol. The van der Waals surface area contributed by atoms with Gasteiger partial charge >= 0.3 is 11.9 Å². The van der Waals surface area contributed by atoms with Gasteiger partial charge in [0.05, 0.1) is 0 Å². The second kappa shape index (κ2) is 40.0. The fourth-order valence-corrected chi connectivity index (χ4v) is 6.64. The molecule has 0 spiro atoms. The van der Waals surface area contributed by atoms with E-state index in [0.29, 0.717) is 38.6 Å². The number of carbonyl (C=O) groups excluding carboxylic acids is 2. The second-order valence-electron chi connectivity index (χ2n) is 15.1. The summed E-state index contributed by atoms with van der Waals surface area (Å²) in [5, 5.41) is 11.9. The maximum atomic E-state index is 12.7. The molecule has 0 aromatic heterocycles. The summed E-state index contributed by atoms with van der Waals surface area (Å²) in [6, 6.07) is -0.872. The van der Waals surface area contributed by atoms with E-state index in [2.05, 4.69) is 43.5 Å². The van der Waals surface area contributed by atoms with Crippen LogP contribution in [0.15, 0.2) is 24.3 Å². The van der Waals surface area contributed by atoms with Crippen LogP contribution in [0.1, 0.15) is 226 Å². The van der Waals surface area contributed by atoms with Crippen LogP contribution in [0.5, 0.6) is 0 Å². The SMILES string of the molecule is CCCCCC/C=C\C/C=C\C(CCCCCCC(=O)NC(CCCN)C(=O)O)OC(=O)CCCCCCCCCCCCCCCCCCCC. The highest BCUT2D eigenvalue weighted by atomic mass is 16.5. The molecule has 0 rings (SSSR count). The lowest BCUT2D eigenvalue weighted by Gasteiger charge is -2.15. The molecule has 2 atom stereocenters. The molecule has 0 radical (unpaired) electrons. The summed E-state index contributed by atoms with van der Waals surface area (Å²) >= 11 is 0. The number of nitrogens with two attached hydrogens (primary N) is 1. The summed E-state index contributed by atoms with van der Waals surface area (Å²) in [6.45, 7) is 4.92. The Labute approximate surface area is 321 Å². The highest BCUT2D eigenvalue weighted by molar-refractivity contribution is 5.83. The van der Waals surface area contributed by atoms with Crippen LogP contribution in [0.2, 0.25) is 0 Å². The average Bonchev–Trinajstić information content (AvgIpc) is 3.13. The zero-order chi connectivity index (χ0) is 38.2. The van der Waals surface area contributed by atoms with Gasteiger partial charge in [0.25, 0.3) is 0 Å². The standard InChI is InChI=1S/C45H84N2O5/c1-3-5-7-9-11-13-14-15-16-17-18-19-20-21-23-25-27-33-39-44(49)52-41(35-30-26-24-22-12-10-8-6-4-2)36-31-28-29-32-38-43(48)47-42(45(50)51)37-34-40-46/h22,24,30,35,41-42H,3-21,23,25-29,31-34,36-40,46H2,1-2H3,(H,47,48)(H,50,51)/b24-22-,35-30-. The molecule has 0 aliphatic heterocycles. The zero-order valence-electron chi connectivity index (χ0n) is 34.2. The van der Waals surface area contributed by atoms with E-state index in [9.17, 15) is 19.5 Å². The number of hydrogen-bond acceptors (Lipinski definition) is 5. The number of aliphatic carboxylic acids is 1. The number of amides is 1. The fraction of sp³-hybridized carbons (Fsp3) is 0.844. The van der Waals surface area contributed by atoms with E-state index in [-0.39, 0.29) is 18.0 Å². The maximum absolute atomic E-state index is 12.7. The van der Waals surface area contributed by atoms with Crippen molar-refractivity contribution < 1.29 is 24.2 Å². The molecule has 0 heterocycles. The Balaban J connectivity index is 4.24. The first-order valence-corrected chi connectivity index (χ1v) is 22.2. The molecule has 52 heavy (non-hydrogen) atoms. The van der Waals surface area contributed by atoms with Crippen molar-refractivity contribution >= 4 is 17.8 Å². The minimum absolute atomic E-state index is 0.100. The van der Waals surface area contributed by atoms with Gasteiger partial charge in [0.1, 0.15) is 12.1 Å². The Morgan fingerprint density at radius 2 is 1.06 bits per heavy atom. The van der Waals surface area contributed by atoms with Crippen molar-refractivity contribution in [3.8, 4) is 0 Å². The van der Waals surface area contributed by atoms with Crippen LogP contribution >= 0.6 is 0 Å². The van der Waals surface area contributed by atoms with Gasteiger partial charge < -0.3 is 20.9 Å². The molecule has 0 aliphatic carbocycles. The number of esters is 1. The maximum Gasteiger partial charge on any atom is 0.326 e. The molecular weight excluding hydrogens is 649 g/mol. The van der Waals surface area contributed by atoms with Crippen LogP contribution in [0.3, 0.4) is 0 Å². The van der Waals surface area contributed by atoms with Gasteiger partial charge in [-0.1, -0.05) is 173 Å². The van der Waals surface area contributed by atoms with Crippen molar-refractivity contribution in [3.05, 3.63) is 24.3 Å². The minimum atomic E-state index is -1.02. The number of carbonyl (C=O) groups is 3. The Kier molecular flexibility index (Phi) is 38.4. The summed E-state index contributed by atoms with van der Waals surface area (Å²) in [5.74, 6) is -1.34. The molecule has 0 fully saturated rings. The molecule has 0 saturated heterocycles. The predicted molar refractivity (Wildman–Crippen MR) is 220 cm³/mol. The molecule has 4 N–H and O–H groups in total. The van der Waals surface area contributed by atoms with E-state index in [1.54, 1.807) is 0 Å². The molecule has 1 amide bonds. The summed E-state index contributed by atoms with van der Waals surface area (Å²) in [7, 11) is 0. The van der Waals surface area contributed by atoms with Crippen LogP contribution in [0.4, 0.5) is 0 Å². The molecular formula is C45H84N2O5. The van der Waals surface area contributed by atoms with Crippen molar-refractivity contribution in [2.24, 2.45) is 5.73 Å². The van der Waals surface area contributed by atoms with Crippen molar-refractivity contribution in [1.82, 2.24) is 5.32 Å². The van der Waals surface area contributed by atoms with Gasteiger partial charge in [-0.25, -0.2) is 4.79 Å². The molecule has 2 unspecified atom stereocenters. The fourth-order valence-electron chi connectivity index (χ4n) is 6.64. The third-order valence-electron chi connectivity index (χ3n) is 10.0. The van der Waals surface area contributed by atoms with Crippen LogP contribution in [0, 0.1) is 0 Å². The van der Waals surface area contributed by atoms with Crippen LogP contribution in [-0.2, 0) is 19.1 Å². The van der Waals surface area contributed by atoms with Gasteiger partial charge in [-0.3, -0.25) is 9.59 Å². The largest absolute Gasteiger partial charge is 0.480 e. The average molecular weight is 733 g/mol. The van der Waals surface area contributed by atoms with E-state index in [0.717, 1.165) is 51.4 Å². The minimum Gasteiger partial charge on any atom is -0.480 e. The van der Waals surface area contributed by atoms with Crippen LogP contribution in [0.25, 0.3) is 0 Å². The highest BCUT2D eigenvalue weighted by Gasteiger charge is 2.19. The highest BCUT2D eigenvalue weighted by Crippen LogP contribution is 2.16. The lowest BCUT2D eigenvalue weighted by molar-refractivity contribution is -0.147. The number of carboxylic acids is 1. The van der Waals surface area contributed by atoms with Crippen molar-refractivity contribution in [1.29, 1.82) is 0 Å². The Morgan fingerprint density at radius 3 is 1.58 bits per heavy atom. The Morgan fingerprint density at radius 1 is 0.577 bits per heavy atom. The first-order valence-electron chi connectivity index (χ1n) is 22.2. The quantitative estimate of drug-likeness (QED) is 0.0328. The third-order valence-corrected chi connectivity index (χ3v) is 10.0. The Bertz CT molecular complexity index is 874. The third kappa shape index (κ3) is 36.2. The summed E-state index contributed by atoms with van der Waals surface area (Å²) < 4.78 is 5.92. The van der Waals surface area contributed by atoms with Gasteiger partial charge in [-0.2, -0.15) is 0 Å². The normalized spacial score (nSPS) is 12.8. The van der Waals surface area contributed by atoms with Crippen molar-refractivity contribution in [3.63, 3.8) is 0 Å². The van der Waals surface area contributed by atoms with E-state index in [1.807, 2.05) is 0 Å². The smallest absolute Gasteiger partial charge is 0.326 e. The molecule has 0 aromatic rings. The zero-order valence-corrected chi connectivity index (χ0v) is 34.2. The number of unbranched alkanes of at least 4 members (excludes halogenated alkanes) is 24. The van der Waals surface area contributed by atoms with Gasteiger partial charge in [-0.15, -0.1) is 0 Å². The molecule has 7 nitrogen and oxygen atoms in total. The number of nitrogens with one attached hydrogen (secondary N) is 1. The summed E-state index contributed by atoms with van der Waals surface area (Å²) in [4.78, 5) is 36.3. The summed E-state index contributed by atoms with van der Waals surface area (Å²) in [5.41, 5.74) is 5.48. The topological polar surface area (TPSA) is 119 Å². The van der Waals surface area contributed by atoms with Gasteiger partial charge in [0.15, 0.2) is 0 Å². The molecule has 0 saturated carbocycles. The van der Waals surface area contributed by atoms with E-state index < -0.39 is 12.0 Å². The van der Waals surface area contributed by atoms with E-state index in [4.69, 9.17) is 10.5 Å². The number of ether oxygens (including phenoxy) is 1. The van der Waals surface area contributed by atoms with Crippen molar-refractivity contribution in [2.45, 2.75) is 238 Å². The number of hydrogen-bond donors (Lipinski definition) is 3. The molecule has 7 heteroatoms. The second-order valence-corrected chi connectivity index (χ2v) is 15.1. The Hall–Kier alpha value is -2.15. The molecule has 0 aliphatic rings. The van der Waals surface area contributed by atoms with Crippen LogP contribution < -0.4 is 11.1 Å². The lowest BCUT2D eigenvalue weighted by atomic mass is 10.0. The predicted octanol–water partition coefficient (Wildman–Crippen LogP) is 12.5. The van der Waals surface area contributed by atoms with E-state index >= 15 is 0 Å². The number of allylic oxidation sites excluding steroid dienone is 3. The van der Waals surface area contributed by atoms with E-state index in [1.165, 1.54) is 128 Å². The first kappa shape index (κ1) is 49.9. The molecule has 0 bridgehead atoms. The lowest BCUT2D eigenvalue weighted by Crippen LogP contribution is -2.40. The molecule has 0 aromatic carbocycles. The first-order chi connectivity index (χ1) is 25.4. The summed E-state index contributed by atoms with van der Waals surface area (Å²) in [6.07, 6.45) is 45.3. The molecule has 304 valence electrons. The number of carboxylic acid groups (broad SMARTS) is 1.